The lowest BCUT2D eigenvalue weighted by atomic mass is 10.4. The molecule has 0 fully saturated rings. The molecule has 0 aliphatic rings. The molecule has 0 bridgehead atoms. The Balaban J connectivity index is 2.23. The maximum Gasteiger partial charge on any atom is 0.235 e. The van der Waals surface area contributed by atoms with Gasteiger partial charge in [0.2, 0.25) is 4.96 Å². The third-order valence-electron chi connectivity index (χ3n) is 2.44. The monoisotopic (exact) mass is 312 g/mol. The smallest absolute Gasteiger partial charge is 0.235 e. The van der Waals surface area contributed by atoms with Crippen molar-refractivity contribution in [3.8, 4) is 10.7 Å². The summed E-state index contributed by atoms with van der Waals surface area (Å²) in [6, 6.07) is 0. The maximum absolute atomic E-state index is 4.50. The molecule has 6 nitrogen and oxygen atoms in total. The zero-order valence-electron chi connectivity index (χ0n) is 9.25. The van der Waals surface area contributed by atoms with E-state index >= 15 is 0 Å². The van der Waals surface area contributed by atoms with Crippen LogP contribution in [0.1, 0.15) is 12.7 Å². The van der Waals surface area contributed by atoms with Crippen molar-refractivity contribution in [1.29, 1.82) is 0 Å². The van der Waals surface area contributed by atoms with Crippen LogP contribution in [0, 0.1) is 6.92 Å². The highest BCUT2D eigenvalue weighted by Gasteiger charge is 2.16. The Kier molecular flexibility index (Phi) is 2.48. The number of rotatable bonds is 2. The first-order valence-corrected chi connectivity index (χ1v) is 6.72. The fourth-order valence-electron chi connectivity index (χ4n) is 1.63. The summed E-state index contributed by atoms with van der Waals surface area (Å²) in [4.78, 5) is 0.799. The number of aromatic nitrogens is 6. The van der Waals surface area contributed by atoms with Crippen molar-refractivity contribution in [1.82, 2.24) is 29.6 Å². The van der Waals surface area contributed by atoms with Gasteiger partial charge in [-0.2, -0.15) is 14.7 Å². The van der Waals surface area contributed by atoms with Gasteiger partial charge in [-0.15, -0.1) is 10.2 Å². The first kappa shape index (κ1) is 10.8. The Morgan fingerprint density at radius 1 is 1.41 bits per heavy atom. The van der Waals surface area contributed by atoms with E-state index in [-0.39, 0.29) is 0 Å². The highest BCUT2D eigenvalue weighted by atomic mass is 79.9. The summed E-state index contributed by atoms with van der Waals surface area (Å²) in [5.41, 5.74) is 0.988. The van der Waals surface area contributed by atoms with Gasteiger partial charge in [-0.1, -0.05) is 11.3 Å². The van der Waals surface area contributed by atoms with Crippen LogP contribution in [0.15, 0.2) is 10.7 Å². The lowest BCUT2D eigenvalue weighted by Crippen LogP contribution is -1.99. The van der Waals surface area contributed by atoms with Crippen molar-refractivity contribution in [3.63, 3.8) is 0 Å². The zero-order valence-corrected chi connectivity index (χ0v) is 11.7. The van der Waals surface area contributed by atoms with E-state index in [9.17, 15) is 0 Å². The van der Waals surface area contributed by atoms with Crippen molar-refractivity contribution >= 4 is 32.2 Å². The zero-order chi connectivity index (χ0) is 12.0. The second-order valence-electron chi connectivity index (χ2n) is 3.51. The van der Waals surface area contributed by atoms with E-state index in [1.807, 2.05) is 11.6 Å². The van der Waals surface area contributed by atoms with Gasteiger partial charge in [0, 0.05) is 6.54 Å². The van der Waals surface area contributed by atoms with E-state index in [0.717, 1.165) is 32.5 Å². The van der Waals surface area contributed by atoms with E-state index in [4.69, 9.17) is 0 Å². The summed E-state index contributed by atoms with van der Waals surface area (Å²) >= 11 is 5.00. The minimum Gasteiger partial charge on any atom is -0.261 e. The third-order valence-corrected chi connectivity index (χ3v) is 3.93. The number of aryl methyl sites for hydroxylation is 2. The minimum atomic E-state index is 0.793. The van der Waals surface area contributed by atoms with E-state index in [1.54, 1.807) is 10.7 Å². The van der Waals surface area contributed by atoms with Gasteiger partial charge in [0.05, 0.1) is 10.7 Å². The molecule has 0 spiro atoms. The minimum absolute atomic E-state index is 0.793. The molecule has 0 saturated carbocycles. The van der Waals surface area contributed by atoms with E-state index in [2.05, 4.69) is 43.2 Å². The van der Waals surface area contributed by atoms with Gasteiger partial charge in [-0.25, -0.2) is 0 Å². The molecule has 0 aliphatic heterocycles. The molecule has 17 heavy (non-hydrogen) atoms. The van der Waals surface area contributed by atoms with Gasteiger partial charge in [0.1, 0.15) is 5.69 Å². The summed E-state index contributed by atoms with van der Waals surface area (Å²) in [6.07, 6.45) is 1.79. The summed E-state index contributed by atoms with van der Waals surface area (Å²) in [5.74, 6) is 0.793. The largest absolute Gasteiger partial charge is 0.261 e. The quantitative estimate of drug-likeness (QED) is 0.727. The molecular weight excluding hydrogens is 304 g/mol. The molecule has 8 heteroatoms. The van der Waals surface area contributed by atoms with Gasteiger partial charge >= 0.3 is 0 Å². The highest BCUT2D eigenvalue weighted by Crippen LogP contribution is 2.31. The van der Waals surface area contributed by atoms with Gasteiger partial charge < -0.3 is 0 Å². The van der Waals surface area contributed by atoms with Crippen LogP contribution in [0.2, 0.25) is 0 Å². The van der Waals surface area contributed by atoms with Crippen LogP contribution < -0.4 is 0 Å². The number of nitrogens with zero attached hydrogens (tertiary/aromatic N) is 6. The predicted octanol–water partition coefficient (Wildman–Crippen LogP) is 2.14. The standard InChI is InChI=1S/C9H9BrN6S/c1-3-15-7(6(10)4-11-15)8-14-16-5(2)12-13-9(16)17-8/h4H,3H2,1-2H3. The Morgan fingerprint density at radius 3 is 2.94 bits per heavy atom. The van der Waals surface area contributed by atoms with Gasteiger partial charge in [-0.05, 0) is 29.8 Å². The SMILES string of the molecule is CCn1ncc(Br)c1-c1nn2c(C)nnc2s1. The number of hydrogen-bond acceptors (Lipinski definition) is 5. The molecule has 0 aliphatic carbocycles. The van der Waals surface area contributed by atoms with Crippen LogP contribution in [0.5, 0.6) is 0 Å². The first-order chi connectivity index (χ1) is 8.20. The van der Waals surface area contributed by atoms with Crippen LogP contribution in [0.3, 0.4) is 0 Å². The molecule has 3 rings (SSSR count). The summed E-state index contributed by atoms with van der Waals surface area (Å²) < 4.78 is 4.60. The van der Waals surface area contributed by atoms with Gasteiger partial charge in [0.25, 0.3) is 0 Å². The van der Waals surface area contributed by atoms with Crippen molar-refractivity contribution in [2.24, 2.45) is 0 Å². The molecule has 3 aromatic rings. The summed E-state index contributed by atoms with van der Waals surface area (Å²) in [5, 5.41) is 17.7. The number of halogens is 1. The second kappa shape index (κ2) is 3.88. The molecule has 0 radical (unpaired) electrons. The number of hydrogen-bond donors (Lipinski definition) is 0. The van der Waals surface area contributed by atoms with Gasteiger partial charge in [0.15, 0.2) is 10.8 Å². The predicted molar refractivity (Wildman–Crippen MR) is 68.0 cm³/mol. The molecule has 3 aromatic heterocycles. The van der Waals surface area contributed by atoms with E-state index in [0.29, 0.717) is 0 Å². The molecule has 0 N–H and O–H groups in total. The van der Waals surface area contributed by atoms with Crippen LogP contribution in [-0.2, 0) is 6.54 Å². The fraction of sp³-hybridized carbons (Fsp3) is 0.333. The van der Waals surface area contributed by atoms with E-state index in [1.165, 1.54) is 11.3 Å². The Hall–Kier alpha value is -1.28. The van der Waals surface area contributed by atoms with Crippen LogP contribution in [0.4, 0.5) is 0 Å². The molecule has 0 unspecified atom stereocenters. The second-order valence-corrected chi connectivity index (χ2v) is 5.32. The molecule has 0 saturated heterocycles. The van der Waals surface area contributed by atoms with Crippen LogP contribution in [-0.4, -0.2) is 29.6 Å². The topological polar surface area (TPSA) is 60.9 Å². The maximum atomic E-state index is 4.50. The summed E-state index contributed by atoms with van der Waals surface area (Å²) in [7, 11) is 0. The normalized spacial score (nSPS) is 11.5. The lowest BCUT2D eigenvalue weighted by molar-refractivity contribution is 0.665. The van der Waals surface area contributed by atoms with Crippen molar-refractivity contribution in [2.75, 3.05) is 0 Å². The average Bonchev–Trinajstić information content (AvgIpc) is 2.95. The first-order valence-electron chi connectivity index (χ1n) is 5.11. The third kappa shape index (κ3) is 1.59. The Bertz CT molecular complexity index is 681. The Labute approximate surface area is 109 Å². The highest BCUT2D eigenvalue weighted by molar-refractivity contribution is 9.10. The van der Waals surface area contributed by atoms with Crippen molar-refractivity contribution in [2.45, 2.75) is 20.4 Å². The van der Waals surface area contributed by atoms with Crippen molar-refractivity contribution < 1.29 is 0 Å². The van der Waals surface area contributed by atoms with Crippen molar-refractivity contribution in [3.05, 3.63) is 16.5 Å². The number of fused-ring (bicyclic) bond motifs is 1. The van der Waals surface area contributed by atoms with Gasteiger partial charge in [-0.3, -0.25) is 4.68 Å². The molecule has 0 aromatic carbocycles. The molecule has 0 amide bonds. The van der Waals surface area contributed by atoms with Crippen LogP contribution >= 0.6 is 27.3 Å². The molecule has 88 valence electrons. The van der Waals surface area contributed by atoms with E-state index < -0.39 is 0 Å². The summed E-state index contributed by atoms with van der Waals surface area (Å²) in [6.45, 7) is 4.74. The molecular formula is C9H9BrN6S. The molecule has 3 heterocycles. The lowest BCUT2D eigenvalue weighted by Gasteiger charge is -2.00. The molecule has 0 atom stereocenters. The fourth-order valence-corrected chi connectivity index (χ4v) is 3.19. The van der Waals surface area contributed by atoms with Crippen LogP contribution in [0.25, 0.3) is 15.7 Å². The Morgan fingerprint density at radius 2 is 2.24 bits per heavy atom. The average molecular weight is 313 g/mol.